The lowest BCUT2D eigenvalue weighted by Gasteiger charge is -2.17. The molecule has 0 heterocycles. The summed E-state index contributed by atoms with van der Waals surface area (Å²) in [6.07, 6.45) is 0.471. The molecule has 2 aromatic carbocycles. The minimum atomic E-state index is -1.16. The van der Waals surface area contributed by atoms with Gasteiger partial charge in [0.2, 0.25) is 0 Å². The SMILES string of the molecule is O=C(O)c1ccccc1C(=O)N[C@H](CO)Cc1ccccc1. The smallest absolute Gasteiger partial charge is 0.336 e. The number of aromatic carboxylic acids is 1. The highest BCUT2D eigenvalue weighted by atomic mass is 16.4. The normalized spacial score (nSPS) is 11.7. The number of nitrogens with one attached hydrogen (secondary N) is 1. The zero-order chi connectivity index (χ0) is 15.9. The van der Waals surface area contributed by atoms with Gasteiger partial charge in [-0.05, 0) is 24.1 Å². The van der Waals surface area contributed by atoms with Crippen LogP contribution in [-0.4, -0.2) is 34.7 Å². The van der Waals surface area contributed by atoms with E-state index in [0.717, 1.165) is 5.56 Å². The largest absolute Gasteiger partial charge is 0.478 e. The second-order valence-electron chi connectivity index (χ2n) is 4.89. The van der Waals surface area contributed by atoms with Crippen molar-refractivity contribution in [2.24, 2.45) is 0 Å². The Labute approximate surface area is 128 Å². The summed E-state index contributed by atoms with van der Waals surface area (Å²) in [7, 11) is 0. The van der Waals surface area contributed by atoms with Gasteiger partial charge in [0.25, 0.3) is 5.91 Å². The topological polar surface area (TPSA) is 86.6 Å². The van der Waals surface area contributed by atoms with Crippen LogP contribution in [0.5, 0.6) is 0 Å². The van der Waals surface area contributed by atoms with Crippen LogP contribution >= 0.6 is 0 Å². The fourth-order valence-electron chi connectivity index (χ4n) is 2.19. The van der Waals surface area contributed by atoms with Crippen LogP contribution in [0.1, 0.15) is 26.3 Å². The highest BCUT2D eigenvalue weighted by Crippen LogP contribution is 2.10. The van der Waals surface area contributed by atoms with Crippen LogP contribution in [0.4, 0.5) is 0 Å². The molecule has 114 valence electrons. The molecule has 0 saturated carbocycles. The van der Waals surface area contributed by atoms with Gasteiger partial charge in [-0.25, -0.2) is 4.79 Å². The number of aliphatic hydroxyl groups is 1. The average Bonchev–Trinajstić information content (AvgIpc) is 2.55. The third kappa shape index (κ3) is 3.93. The van der Waals surface area contributed by atoms with Crippen molar-refractivity contribution in [3.8, 4) is 0 Å². The summed E-state index contributed by atoms with van der Waals surface area (Å²) < 4.78 is 0. The van der Waals surface area contributed by atoms with Gasteiger partial charge in [-0.2, -0.15) is 0 Å². The van der Waals surface area contributed by atoms with E-state index in [1.165, 1.54) is 12.1 Å². The van der Waals surface area contributed by atoms with Crippen molar-refractivity contribution in [2.75, 3.05) is 6.61 Å². The van der Waals surface area contributed by atoms with Gasteiger partial charge in [-0.3, -0.25) is 4.79 Å². The van der Waals surface area contributed by atoms with Crippen LogP contribution in [0, 0.1) is 0 Å². The molecule has 0 fully saturated rings. The first-order valence-corrected chi connectivity index (χ1v) is 6.89. The zero-order valence-electron chi connectivity index (χ0n) is 11.9. The number of hydrogen-bond donors (Lipinski definition) is 3. The molecule has 0 saturated heterocycles. The van der Waals surface area contributed by atoms with Crippen LogP contribution in [0.2, 0.25) is 0 Å². The van der Waals surface area contributed by atoms with Crippen molar-refractivity contribution in [3.05, 3.63) is 71.3 Å². The molecule has 0 unspecified atom stereocenters. The van der Waals surface area contributed by atoms with E-state index in [0.29, 0.717) is 6.42 Å². The lowest BCUT2D eigenvalue weighted by Crippen LogP contribution is -2.39. The summed E-state index contributed by atoms with van der Waals surface area (Å²) in [5.74, 6) is -1.66. The third-order valence-corrected chi connectivity index (χ3v) is 3.28. The van der Waals surface area contributed by atoms with E-state index in [1.807, 2.05) is 30.3 Å². The fraction of sp³-hybridized carbons (Fsp3) is 0.176. The van der Waals surface area contributed by atoms with E-state index in [4.69, 9.17) is 5.11 Å². The van der Waals surface area contributed by atoms with E-state index in [2.05, 4.69) is 5.32 Å². The highest BCUT2D eigenvalue weighted by Gasteiger charge is 2.18. The highest BCUT2D eigenvalue weighted by molar-refractivity contribution is 6.04. The Morgan fingerprint density at radius 1 is 0.955 bits per heavy atom. The summed E-state index contributed by atoms with van der Waals surface area (Å²) in [5.41, 5.74) is 1.01. The Morgan fingerprint density at radius 3 is 2.14 bits per heavy atom. The molecule has 0 aliphatic heterocycles. The fourth-order valence-corrected chi connectivity index (χ4v) is 2.19. The number of hydrogen-bond acceptors (Lipinski definition) is 3. The Morgan fingerprint density at radius 2 is 1.55 bits per heavy atom. The second kappa shape index (κ2) is 7.38. The summed E-state index contributed by atoms with van der Waals surface area (Å²) in [6, 6.07) is 15.0. The number of aliphatic hydroxyl groups excluding tert-OH is 1. The average molecular weight is 299 g/mol. The Kier molecular flexibility index (Phi) is 5.27. The molecule has 0 aliphatic carbocycles. The van der Waals surface area contributed by atoms with Crippen LogP contribution < -0.4 is 5.32 Å². The van der Waals surface area contributed by atoms with Gasteiger partial charge in [-0.15, -0.1) is 0 Å². The first kappa shape index (κ1) is 15.7. The Hall–Kier alpha value is -2.66. The maximum Gasteiger partial charge on any atom is 0.336 e. The number of amides is 1. The molecule has 5 nitrogen and oxygen atoms in total. The summed E-state index contributed by atoms with van der Waals surface area (Å²) in [5, 5.41) is 21.2. The van der Waals surface area contributed by atoms with Crippen LogP contribution in [0.25, 0.3) is 0 Å². The predicted octanol–water partition coefficient (Wildman–Crippen LogP) is 1.72. The second-order valence-corrected chi connectivity index (χ2v) is 4.89. The first-order chi connectivity index (χ1) is 10.6. The van der Waals surface area contributed by atoms with Crippen molar-refractivity contribution < 1.29 is 19.8 Å². The van der Waals surface area contributed by atoms with Crippen LogP contribution in [0.15, 0.2) is 54.6 Å². The molecular weight excluding hydrogens is 282 g/mol. The van der Waals surface area contributed by atoms with E-state index in [9.17, 15) is 14.7 Å². The number of carboxylic acid groups (broad SMARTS) is 1. The van der Waals surface area contributed by atoms with Gasteiger partial charge >= 0.3 is 5.97 Å². The standard InChI is InChI=1S/C17H17NO4/c19-11-13(10-12-6-2-1-3-7-12)18-16(20)14-8-4-5-9-15(14)17(21)22/h1-9,13,19H,10-11H2,(H,18,20)(H,21,22)/t13-/m0/s1. The molecule has 0 bridgehead atoms. The van der Waals surface area contributed by atoms with E-state index < -0.39 is 17.9 Å². The molecule has 0 spiro atoms. The predicted molar refractivity (Wildman–Crippen MR) is 81.9 cm³/mol. The lowest BCUT2D eigenvalue weighted by atomic mass is 10.0. The first-order valence-electron chi connectivity index (χ1n) is 6.89. The Balaban J connectivity index is 2.11. The number of carbonyl (C=O) groups excluding carboxylic acids is 1. The lowest BCUT2D eigenvalue weighted by molar-refractivity contribution is 0.0690. The van der Waals surface area contributed by atoms with Gasteiger partial charge in [-0.1, -0.05) is 42.5 Å². The minimum absolute atomic E-state index is 0.0589. The molecule has 5 heteroatoms. The monoisotopic (exact) mass is 299 g/mol. The van der Waals surface area contributed by atoms with Crippen molar-refractivity contribution in [1.29, 1.82) is 0 Å². The molecule has 3 N–H and O–H groups in total. The number of benzene rings is 2. The van der Waals surface area contributed by atoms with Crippen molar-refractivity contribution >= 4 is 11.9 Å². The molecule has 1 atom stereocenters. The van der Waals surface area contributed by atoms with Gasteiger partial charge in [0.15, 0.2) is 0 Å². The number of carboxylic acids is 1. The minimum Gasteiger partial charge on any atom is -0.478 e. The third-order valence-electron chi connectivity index (χ3n) is 3.28. The maximum atomic E-state index is 12.2. The quantitative estimate of drug-likeness (QED) is 0.758. The van der Waals surface area contributed by atoms with Gasteiger partial charge in [0, 0.05) is 0 Å². The molecule has 22 heavy (non-hydrogen) atoms. The van der Waals surface area contributed by atoms with Gasteiger partial charge in [0.05, 0.1) is 23.8 Å². The van der Waals surface area contributed by atoms with Crippen molar-refractivity contribution in [2.45, 2.75) is 12.5 Å². The van der Waals surface area contributed by atoms with E-state index in [-0.39, 0.29) is 17.7 Å². The molecule has 2 rings (SSSR count). The zero-order valence-corrected chi connectivity index (χ0v) is 11.9. The van der Waals surface area contributed by atoms with Gasteiger partial charge < -0.3 is 15.5 Å². The molecule has 0 aliphatic rings. The molecule has 0 radical (unpaired) electrons. The summed E-state index contributed by atoms with van der Waals surface area (Å²) in [6.45, 7) is -0.226. The van der Waals surface area contributed by atoms with Gasteiger partial charge in [0.1, 0.15) is 0 Å². The molecule has 1 amide bonds. The number of carbonyl (C=O) groups is 2. The van der Waals surface area contributed by atoms with Crippen molar-refractivity contribution in [1.82, 2.24) is 5.32 Å². The van der Waals surface area contributed by atoms with E-state index in [1.54, 1.807) is 12.1 Å². The molecule has 2 aromatic rings. The molecule has 0 aromatic heterocycles. The number of rotatable bonds is 6. The molecular formula is C17H17NO4. The van der Waals surface area contributed by atoms with E-state index >= 15 is 0 Å². The van der Waals surface area contributed by atoms with Crippen LogP contribution in [-0.2, 0) is 6.42 Å². The summed E-state index contributed by atoms with van der Waals surface area (Å²) in [4.78, 5) is 23.4. The van der Waals surface area contributed by atoms with Crippen LogP contribution in [0.3, 0.4) is 0 Å². The Bertz CT molecular complexity index is 655. The maximum absolute atomic E-state index is 12.2. The summed E-state index contributed by atoms with van der Waals surface area (Å²) >= 11 is 0. The van der Waals surface area contributed by atoms with Crippen molar-refractivity contribution in [3.63, 3.8) is 0 Å².